The minimum atomic E-state index is 0.0976. The van der Waals surface area contributed by atoms with Crippen molar-refractivity contribution in [3.05, 3.63) is 35.4 Å². The van der Waals surface area contributed by atoms with Gasteiger partial charge in [0.2, 0.25) is 0 Å². The lowest BCUT2D eigenvalue weighted by molar-refractivity contribution is 0.443. The smallest absolute Gasteiger partial charge is 0.0306 e. The van der Waals surface area contributed by atoms with Crippen LogP contribution in [0.5, 0.6) is 0 Å². The molecule has 94 valence electrons. The Hall–Kier alpha value is -0.860. The van der Waals surface area contributed by atoms with Crippen LogP contribution >= 0.6 is 0 Å². The van der Waals surface area contributed by atoms with Gasteiger partial charge in [-0.05, 0) is 42.9 Å². The Morgan fingerprint density at radius 3 is 2.29 bits per heavy atom. The maximum atomic E-state index is 6.05. The van der Waals surface area contributed by atoms with Gasteiger partial charge in [-0.3, -0.25) is 0 Å². The van der Waals surface area contributed by atoms with E-state index in [9.17, 15) is 0 Å². The van der Waals surface area contributed by atoms with E-state index < -0.39 is 0 Å². The van der Waals surface area contributed by atoms with Gasteiger partial charge in [-0.25, -0.2) is 0 Å². The second-order valence-electron chi connectivity index (χ2n) is 5.19. The molecule has 1 fully saturated rings. The molecule has 1 atom stereocenters. The Labute approximate surface area is 104 Å². The van der Waals surface area contributed by atoms with E-state index in [2.05, 4.69) is 24.3 Å². The van der Waals surface area contributed by atoms with Crippen molar-refractivity contribution < 1.29 is 0 Å². The van der Waals surface area contributed by atoms with E-state index in [1.165, 1.54) is 43.2 Å². The molecule has 0 spiro atoms. The summed E-state index contributed by atoms with van der Waals surface area (Å²) in [6.45, 7) is 0.658. The summed E-state index contributed by atoms with van der Waals surface area (Å²) >= 11 is 0. The molecular formula is C15H24N2. The summed E-state index contributed by atoms with van der Waals surface area (Å²) in [5.41, 5.74) is 14.3. The molecule has 17 heavy (non-hydrogen) atoms. The fourth-order valence-electron chi connectivity index (χ4n) is 2.80. The Morgan fingerprint density at radius 2 is 1.71 bits per heavy atom. The Kier molecular flexibility index (Phi) is 4.57. The Bertz CT molecular complexity index is 325. The molecule has 2 heteroatoms. The highest BCUT2D eigenvalue weighted by molar-refractivity contribution is 5.27. The molecule has 0 saturated heterocycles. The van der Waals surface area contributed by atoms with Gasteiger partial charge in [0.25, 0.3) is 0 Å². The number of nitrogens with two attached hydrogens (primary N) is 2. The van der Waals surface area contributed by atoms with Crippen molar-refractivity contribution in [2.24, 2.45) is 11.5 Å². The summed E-state index contributed by atoms with van der Waals surface area (Å²) in [5, 5.41) is 0. The summed E-state index contributed by atoms with van der Waals surface area (Å²) in [6.07, 6.45) is 7.76. The molecule has 1 aromatic carbocycles. The first-order valence-corrected chi connectivity index (χ1v) is 6.87. The number of hydrogen-bond donors (Lipinski definition) is 2. The first-order chi connectivity index (χ1) is 8.31. The van der Waals surface area contributed by atoms with E-state index in [1.54, 1.807) is 0 Å². The Balaban J connectivity index is 2.01. The van der Waals surface area contributed by atoms with Gasteiger partial charge >= 0.3 is 0 Å². The second kappa shape index (κ2) is 6.18. The monoisotopic (exact) mass is 232 g/mol. The zero-order chi connectivity index (χ0) is 12.1. The minimum Gasteiger partial charge on any atom is -0.330 e. The standard InChI is InChI=1S/C15H24N2/c16-11-10-15(17)14-8-6-13(7-9-14)12-4-2-1-3-5-12/h6-9,12,15H,1-5,10-11,16-17H2. The van der Waals surface area contributed by atoms with Crippen molar-refractivity contribution >= 4 is 0 Å². The topological polar surface area (TPSA) is 52.0 Å². The zero-order valence-electron chi connectivity index (χ0n) is 10.6. The summed E-state index contributed by atoms with van der Waals surface area (Å²) in [5.74, 6) is 0.781. The summed E-state index contributed by atoms with van der Waals surface area (Å²) < 4.78 is 0. The quantitative estimate of drug-likeness (QED) is 0.838. The molecule has 1 aliphatic carbocycles. The molecule has 4 N–H and O–H groups in total. The SMILES string of the molecule is NCCC(N)c1ccc(C2CCCCC2)cc1. The van der Waals surface area contributed by atoms with Crippen molar-refractivity contribution in [3.8, 4) is 0 Å². The molecule has 1 saturated carbocycles. The molecule has 0 aromatic heterocycles. The van der Waals surface area contributed by atoms with E-state index in [0.29, 0.717) is 6.54 Å². The van der Waals surface area contributed by atoms with Crippen LogP contribution in [-0.2, 0) is 0 Å². The van der Waals surface area contributed by atoms with Crippen molar-refractivity contribution in [1.29, 1.82) is 0 Å². The molecule has 0 heterocycles. The molecule has 2 nitrogen and oxygen atoms in total. The van der Waals surface area contributed by atoms with E-state index in [-0.39, 0.29) is 6.04 Å². The van der Waals surface area contributed by atoms with Crippen LogP contribution in [0.4, 0.5) is 0 Å². The molecule has 2 rings (SSSR count). The van der Waals surface area contributed by atoms with Crippen LogP contribution in [-0.4, -0.2) is 6.54 Å². The molecule has 0 bridgehead atoms. The molecule has 0 amide bonds. The minimum absolute atomic E-state index is 0.0976. The maximum Gasteiger partial charge on any atom is 0.0306 e. The first kappa shape index (κ1) is 12.6. The van der Waals surface area contributed by atoms with Crippen molar-refractivity contribution in [1.82, 2.24) is 0 Å². The van der Waals surface area contributed by atoms with Gasteiger partial charge in [0.15, 0.2) is 0 Å². The van der Waals surface area contributed by atoms with Crippen molar-refractivity contribution in [2.45, 2.75) is 50.5 Å². The van der Waals surface area contributed by atoms with Crippen LogP contribution in [0.2, 0.25) is 0 Å². The van der Waals surface area contributed by atoms with Crippen LogP contribution in [0.3, 0.4) is 0 Å². The summed E-state index contributed by atoms with van der Waals surface area (Å²) in [4.78, 5) is 0. The van der Waals surface area contributed by atoms with Crippen LogP contribution in [0, 0.1) is 0 Å². The van der Waals surface area contributed by atoms with Crippen molar-refractivity contribution in [3.63, 3.8) is 0 Å². The van der Waals surface area contributed by atoms with Gasteiger partial charge in [-0.2, -0.15) is 0 Å². The average molecular weight is 232 g/mol. The zero-order valence-corrected chi connectivity index (χ0v) is 10.6. The predicted molar refractivity (Wildman–Crippen MR) is 72.9 cm³/mol. The van der Waals surface area contributed by atoms with Gasteiger partial charge in [0.1, 0.15) is 0 Å². The van der Waals surface area contributed by atoms with Crippen LogP contribution < -0.4 is 11.5 Å². The van der Waals surface area contributed by atoms with Gasteiger partial charge < -0.3 is 11.5 Å². The molecule has 0 aliphatic heterocycles. The second-order valence-corrected chi connectivity index (χ2v) is 5.19. The molecule has 1 unspecified atom stereocenters. The molecular weight excluding hydrogens is 208 g/mol. The van der Waals surface area contributed by atoms with Gasteiger partial charge in [0, 0.05) is 6.04 Å². The fourth-order valence-corrected chi connectivity index (χ4v) is 2.80. The average Bonchev–Trinajstić information content (AvgIpc) is 2.40. The van der Waals surface area contributed by atoms with E-state index in [1.807, 2.05) is 0 Å². The first-order valence-electron chi connectivity index (χ1n) is 6.87. The van der Waals surface area contributed by atoms with E-state index >= 15 is 0 Å². The molecule has 1 aromatic rings. The third kappa shape index (κ3) is 3.30. The lowest BCUT2D eigenvalue weighted by Gasteiger charge is -2.22. The number of benzene rings is 1. The van der Waals surface area contributed by atoms with E-state index in [0.717, 1.165) is 12.3 Å². The van der Waals surface area contributed by atoms with Gasteiger partial charge in [0.05, 0.1) is 0 Å². The Morgan fingerprint density at radius 1 is 1.06 bits per heavy atom. The third-order valence-electron chi connectivity index (χ3n) is 3.92. The predicted octanol–water partition coefficient (Wildman–Crippen LogP) is 3.08. The highest BCUT2D eigenvalue weighted by Gasteiger charge is 2.15. The highest BCUT2D eigenvalue weighted by Crippen LogP contribution is 2.32. The van der Waals surface area contributed by atoms with E-state index in [4.69, 9.17) is 11.5 Å². The lowest BCUT2D eigenvalue weighted by Crippen LogP contribution is -2.15. The summed E-state index contributed by atoms with van der Waals surface area (Å²) in [7, 11) is 0. The van der Waals surface area contributed by atoms with Crippen molar-refractivity contribution in [2.75, 3.05) is 6.54 Å². The van der Waals surface area contributed by atoms with Crippen LogP contribution in [0.25, 0.3) is 0 Å². The third-order valence-corrected chi connectivity index (χ3v) is 3.92. The summed E-state index contributed by atoms with van der Waals surface area (Å²) in [6, 6.07) is 9.00. The molecule has 0 radical (unpaired) electrons. The van der Waals surface area contributed by atoms with Crippen LogP contribution in [0.15, 0.2) is 24.3 Å². The number of hydrogen-bond acceptors (Lipinski definition) is 2. The van der Waals surface area contributed by atoms with Gasteiger partial charge in [-0.15, -0.1) is 0 Å². The maximum absolute atomic E-state index is 6.05. The highest BCUT2D eigenvalue weighted by atomic mass is 14.7. The largest absolute Gasteiger partial charge is 0.330 e. The van der Waals surface area contributed by atoms with Gasteiger partial charge in [-0.1, -0.05) is 43.5 Å². The molecule has 1 aliphatic rings. The number of rotatable bonds is 4. The normalized spacial score (nSPS) is 19.2. The van der Waals surface area contributed by atoms with Crippen LogP contribution in [0.1, 0.15) is 61.6 Å². The fraction of sp³-hybridized carbons (Fsp3) is 0.600. The lowest BCUT2D eigenvalue weighted by atomic mass is 9.83.